The molecule has 2 N–H and O–H groups in total. The largest absolute Gasteiger partial charge is 0.495 e. The summed E-state index contributed by atoms with van der Waals surface area (Å²) in [6.45, 7) is 1.14. The van der Waals surface area contributed by atoms with Crippen LogP contribution >= 0.6 is 0 Å². The van der Waals surface area contributed by atoms with E-state index in [0.717, 1.165) is 16.8 Å². The highest BCUT2D eigenvalue weighted by Crippen LogP contribution is 2.27. The van der Waals surface area contributed by atoms with E-state index in [2.05, 4.69) is 15.0 Å². The molecule has 1 aliphatic rings. The van der Waals surface area contributed by atoms with Crippen LogP contribution in [0, 0.1) is 0 Å². The fraction of sp³-hybridized carbons (Fsp3) is 0.154. The van der Waals surface area contributed by atoms with E-state index >= 15 is 0 Å². The molecule has 0 spiro atoms. The van der Waals surface area contributed by atoms with Gasteiger partial charge >= 0.3 is 0 Å². The van der Waals surface area contributed by atoms with Crippen LogP contribution in [-0.4, -0.2) is 50.5 Å². The van der Waals surface area contributed by atoms with Gasteiger partial charge in [-0.2, -0.15) is 0 Å². The van der Waals surface area contributed by atoms with Gasteiger partial charge in [0.05, 0.1) is 24.4 Å². The van der Waals surface area contributed by atoms with Gasteiger partial charge in [0.15, 0.2) is 0 Å². The van der Waals surface area contributed by atoms with Crippen LogP contribution in [-0.2, 0) is 10.0 Å². The fourth-order valence-electron chi connectivity index (χ4n) is 4.09. The number of nitrogens with zero attached hydrogens (tertiary/aromatic N) is 2. The van der Waals surface area contributed by atoms with Gasteiger partial charge < -0.3 is 15.0 Å². The number of rotatable bonds is 7. The van der Waals surface area contributed by atoms with E-state index in [1.165, 1.54) is 6.07 Å². The SMILES string of the molecule is COc1ccccc1NC1CN(C(=O)c2ccc(NS(=O)(=O)c3cccc4cccnc34)cc2)C1. The molecule has 178 valence electrons. The predicted octanol–water partition coefficient (Wildman–Crippen LogP) is 3.98. The Kier molecular flexibility index (Phi) is 6.00. The van der Waals surface area contributed by atoms with Crippen molar-refractivity contribution in [1.82, 2.24) is 9.88 Å². The molecule has 1 saturated heterocycles. The Labute approximate surface area is 203 Å². The lowest BCUT2D eigenvalue weighted by molar-refractivity contribution is 0.0625. The molecule has 0 radical (unpaired) electrons. The summed E-state index contributed by atoms with van der Waals surface area (Å²) in [5.41, 5.74) is 2.16. The van der Waals surface area contributed by atoms with Gasteiger partial charge in [0.25, 0.3) is 15.9 Å². The maximum Gasteiger partial charge on any atom is 0.264 e. The van der Waals surface area contributed by atoms with Crippen LogP contribution in [0.2, 0.25) is 0 Å². The van der Waals surface area contributed by atoms with Crippen molar-refractivity contribution in [3.8, 4) is 5.75 Å². The van der Waals surface area contributed by atoms with Crippen molar-refractivity contribution in [3.05, 3.63) is 90.6 Å². The van der Waals surface area contributed by atoms with Gasteiger partial charge in [0, 0.05) is 35.9 Å². The summed E-state index contributed by atoms with van der Waals surface area (Å²) >= 11 is 0. The monoisotopic (exact) mass is 488 g/mol. The Morgan fingerprint density at radius 3 is 2.49 bits per heavy atom. The number of para-hydroxylation sites is 3. The number of pyridine rings is 1. The topological polar surface area (TPSA) is 101 Å². The minimum atomic E-state index is -3.85. The summed E-state index contributed by atoms with van der Waals surface area (Å²) in [4.78, 5) is 18.9. The zero-order valence-electron chi connectivity index (χ0n) is 19.0. The molecule has 4 aromatic rings. The Morgan fingerprint density at radius 1 is 0.971 bits per heavy atom. The molecule has 35 heavy (non-hydrogen) atoms. The van der Waals surface area contributed by atoms with Gasteiger partial charge in [-0.3, -0.25) is 14.5 Å². The van der Waals surface area contributed by atoms with Crippen LogP contribution < -0.4 is 14.8 Å². The summed E-state index contributed by atoms with van der Waals surface area (Å²) in [5.74, 6) is 0.658. The van der Waals surface area contributed by atoms with E-state index in [0.29, 0.717) is 29.9 Å². The lowest BCUT2D eigenvalue weighted by Gasteiger charge is -2.40. The molecular formula is C26H24N4O4S. The number of methoxy groups -OCH3 is 1. The number of nitrogens with one attached hydrogen (secondary N) is 2. The van der Waals surface area contributed by atoms with E-state index in [1.54, 1.807) is 54.6 Å². The van der Waals surface area contributed by atoms with E-state index in [4.69, 9.17) is 4.74 Å². The molecule has 0 saturated carbocycles. The molecule has 1 fully saturated rings. The Balaban J connectivity index is 1.23. The summed E-state index contributed by atoms with van der Waals surface area (Å²) in [6, 6.07) is 22.8. The summed E-state index contributed by atoms with van der Waals surface area (Å²) in [7, 11) is -2.23. The van der Waals surface area contributed by atoms with E-state index in [1.807, 2.05) is 36.4 Å². The number of amides is 1. The third-order valence-electron chi connectivity index (χ3n) is 5.90. The lowest BCUT2D eigenvalue weighted by atomic mass is 10.1. The van der Waals surface area contributed by atoms with Crippen molar-refractivity contribution in [2.24, 2.45) is 0 Å². The second-order valence-electron chi connectivity index (χ2n) is 8.27. The maximum absolute atomic E-state index is 13.0. The predicted molar refractivity (Wildman–Crippen MR) is 135 cm³/mol. The second kappa shape index (κ2) is 9.27. The number of hydrogen-bond donors (Lipinski definition) is 2. The number of ether oxygens (including phenoxy) is 1. The molecule has 0 bridgehead atoms. The molecule has 9 heteroatoms. The van der Waals surface area contributed by atoms with Crippen molar-refractivity contribution >= 4 is 38.2 Å². The highest BCUT2D eigenvalue weighted by molar-refractivity contribution is 7.93. The highest BCUT2D eigenvalue weighted by atomic mass is 32.2. The number of carbonyl (C=O) groups excluding carboxylic acids is 1. The van der Waals surface area contributed by atoms with Crippen molar-refractivity contribution in [3.63, 3.8) is 0 Å². The molecule has 0 atom stereocenters. The number of likely N-dealkylation sites (tertiary alicyclic amines) is 1. The summed E-state index contributed by atoms with van der Waals surface area (Å²) in [6.07, 6.45) is 1.56. The first-order valence-electron chi connectivity index (χ1n) is 11.1. The van der Waals surface area contributed by atoms with Crippen LogP contribution in [0.4, 0.5) is 11.4 Å². The minimum absolute atomic E-state index is 0.101. The Bertz CT molecular complexity index is 1480. The highest BCUT2D eigenvalue weighted by Gasteiger charge is 2.31. The van der Waals surface area contributed by atoms with E-state index in [9.17, 15) is 13.2 Å². The molecule has 1 aliphatic heterocycles. The minimum Gasteiger partial charge on any atom is -0.495 e. The van der Waals surface area contributed by atoms with Crippen molar-refractivity contribution < 1.29 is 17.9 Å². The van der Waals surface area contributed by atoms with Crippen molar-refractivity contribution in [2.75, 3.05) is 30.2 Å². The zero-order chi connectivity index (χ0) is 24.4. The third-order valence-corrected chi connectivity index (χ3v) is 7.32. The molecule has 1 amide bonds. The average molecular weight is 489 g/mol. The zero-order valence-corrected chi connectivity index (χ0v) is 19.8. The fourth-order valence-corrected chi connectivity index (χ4v) is 5.33. The molecule has 1 aromatic heterocycles. The summed E-state index contributed by atoms with van der Waals surface area (Å²) in [5, 5.41) is 4.14. The van der Waals surface area contributed by atoms with Crippen LogP contribution in [0.25, 0.3) is 10.9 Å². The number of anilines is 2. The first kappa shape index (κ1) is 22.7. The number of aromatic nitrogens is 1. The number of fused-ring (bicyclic) bond motifs is 1. The van der Waals surface area contributed by atoms with Gasteiger partial charge in [0.2, 0.25) is 0 Å². The first-order chi connectivity index (χ1) is 16.9. The number of carbonyl (C=O) groups is 1. The molecule has 2 heterocycles. The number of hydrogen-bond acceptors (Lipinski definition) is 6. The van der Waals surface area contributed by atoms with E-state index in [-0.39, 0.29) is 16.8 Å². The molecule has 8 nitrogen and oxygen atoms in total. The molecule has 3 aromatic carbocycles. The van der Waals surface area contributed by atoms with Crippen LogP contribution in [0.3, 0.4) is 0 Å². The van der Waals surface area contributed by atoms with Crippen molar-refractivity contribution in [2.45, 2.75) is 10.9 Å². The lowest BCUT2D eigenvalue weighted by Crippen LogP contribution is -2.57. The first-order valence-corrected chi connectivity index (χ1v) is 12.6. The van der Waals surface area contributed by atoms with Crippen molar-refractivity contribution in [1.29, 1.82) is 0 Å². The number of benzene rings is 3. The second-order valence-corrected chi connectivity index (χ2v) is 9.92. The van der Waals surface area contributed by atoms with Gasteiger partial charge in [-0.05, 0) is 48.5 Å². The van der Waals surface area contributed by atoms with Gasteiger partial charge in [0.1, 0.15) is 10.6 Å². The standard InChI is InChI=1S/C26H24N4O4S/c1-34-23-9-3-2-8-22(23)28-21-16-30(17-21)26(31)19-11-13-20(14-12-19)29-35(32,33)24-10-4-6-18-7-5-15-27-25(18)24/h2-15,21,28-29H,16-17H2,1H3. The Morgan fingerprint density at radius 2 is 1.71 bits per heavy atom. The third kappa shape index (κ3) is 4.63. The summed E-state index contributed by atoms with van der Waals surface area (Å²) < 4.78 is 33.9. The Hall–Kier alpha value is -4.11. The van der Waals surface area contributed by atoms with Gasteiger partial charge in [-0.25, -0.2) is 8.42 Å². The molecular weight excluding hydrogens is 464 g/mol. The molecule has 0 aliphatic carbocycles. The van der Waals surface area contributed by atoms with Crippen LogP contribution in [0.5, 0.6) is 5.75 Å². The van der Waals surface area contributed by atoms with E-state index < -0.39 is 10.0 Å². The maximum atomic E-state index is 13.0. The number of sulfonamides is 1. The van der Waals surface area contributed by atoms with Gasteiger partial charge in [-0.1, -0.05) is 30.3 Å². The smallest absolute Gasteiger partial charge is 0.264 e. The van der Waals surface area contributed by atoms with Crippen LogP contribution in [0.1, 0.15) is 10.4 Å². The van der Waals surface area contributed by atoms with Gasteiger partial charge in [-0.15, -0.1) is 0 Å². The normalized spacial score (nSPS) is 13.8. The molecule has 0 unspecified atom stereocenters. The average Bonchev–Trinajstić information content (AvgIpc) is 2.85. The quantitative estimate of drug-likeness (QED) is 0.408. The molecule has 5 rings (SSSR count). The van der Waals surface area contributed by atoms with Crippen LogP contribution in [0.15, 0.2) is 90.0 Å².